The number of nitrogens with two attached hydrogens (primary N) is 1. The molecule has 0 spiro atoms. The number of nitro benzene ring substituents is 1. The van der Waals surface area contributed by atoms with Gasteiger partial charge in [-0.05, 0) is 24.4 Å². The summed E-state index contributed by atoms with van der Waals surface area (Å²) in [6.07, 6.45) is 0. The zero-order valence-corrected chi connectivity index (χ0v) is 11.8. The number of nitro groups is 1. The monoisotopic (exact) mass is 305 g/mol. The number of amidine groups is 1. The second-order valence-corrected chi connectivity index (χ2v) is 5.04. The van der Waals surface area contributed by atoms with E-state index in [1.807, 2.05) is 5.38 Å². The van der Waals surface area contributed by atoms with Crippen LogP contribution in [-0.2, 0) is 4.84 Å². The van der Waals surface area contributed by atoms with Crippen LogP contribution in [0.3, 0.4) is 0 Å². The number of aryl methyl sites for hydroxylation is 1. The summed E-state index contributed by atoms with van der Waals surface area (Å²) in [6, 6.07) is 7.57. The summed E-state index contributed by atoms with van der Waals surface area (Å²) in [6.45, 7) is 1.58. The summed E-state index contributed by atoms with van der Waals surface area (Å²) in [5, 5.41) is 16.2. The molecule has 0 aliphatic carbocycles. The molecule has 0 bridgehead atoms. The number of benzene rings is 1. The first-order valence-electron chi connectivity index (χ1n) is 5.83. The molecule has 0 unspecified atom stereocenters. The van der Waals surface area contributed by atoms with Crippen LogP contribution in [0.2, 0.25) is 0 Å². The Labute approximate surface area is 123 Å². The number of hydrogen-bond acceptors (Lipinski definition) is 6. The van der Waals surface area contributed by atoms with Gasteiger partial charge < -0.3 is 10.6 Å². The highest BCUT2D eigenvalue weighted by Crippen LogP contribution is 2.19. The summed E-state index contributed by atoms with van der Waals surface area (Å²) in [4.78, 5) is 27.4. The molecule has 1 aromatic carbocycles. The normalized spacial score (nSPS) is 11.2. The van der Waals surface area contributed by atoms with Gasteiger partial charge >= 0.3 is 5.97 Å². The highest BCUT2D eigenvalue weighted by atomic mass is 32.1. The summed E-state index contributed by atoms with van der Waals surface area (Å²) in [5.41, 5.74) is 5.98. The molecule has 2 rings (SSSR count). The van der Waals surface area contributed by atoms with E-state index in [1.165, 1.54) is 23.5 Å². The fourth-order valence-electron chi connectivity index (χ4n) is 1.55. The molecule has 8 heteroatoms. The minimum absolute atomic E-state index is 0.0371. The predicted octanol–water partition coefficient (Wildman–Crippen LogP) is 2.44. The molecule has 2 N–H and O–H groups in total. The first-order chi connectivity index (χ1) is 9.99. The maximum absolute atomic E-state index is 11.8. The summed E-state index contributed by atoms with van der Waals surface area (Å²) >= 11 is 1.35. The van der Waals surface area contributed by atoms with Gasteiger partial charge in [-0.2, -0.15) is 0 Å². The van der Waals surface area contributed by atoms with E-state index >= 15 is 0 Å². The Morgan fingerprint density at radius 3 is 2.81 bits per heavy atom. The first-order valence-corrected chi connectivity index (χ1v) is 6.70. The largest absolute Gasteiger partial charge is 0.380 e. The molecule has 1 aromatic heterocycles. The Balaban J connectivity index is 2.16. The Hall–Kier alpha value is -2.74. The van der Waals surface area contributed by atoms with Crippen molar-refractivity contribution in [1.82, 2.24) is 0 Å². The Morgan fingerprint density at radius 1 is 1.43 bits per heavy atom. The summed E-state index contributed by atoms with van der Waals surface area (Å²) in [7, 11) is 0. The van der Waals surface area contributed by atoms with E-state index in [0.29, 0.717) is 10.4 Å². The van der Waals surface area contributed by atoms with Crippen molar-refractivity contribution in [2.75, 3.05) is 0 Å². The van der Waals surface area contributed by atoms with Crippen LogP contribution in [0.5, 0.6) is 0 Å². The molecule has 0 fully saturated rings. The van der Waals surface area contributed by atoms with Gasteiger partial charge in [0.25, 0.3) is 5.69 Å². The molecule has 0 atom stereocenters. The first kappa shape index (κ1) is 14.7. The van der Waals surface area contributed by atoms with E-state index in [0.717, 1.165) is 6.07 Å². The Kier molecular flexibility index (Phi) is 4.29. The van der Waals surface area contributed by atoms with E-state index in [2.05, 4.69) is 5.16 Å². The fourth-order valence-corrected chi connectivity index (χ4v) is 2.16. The summed E-state index contributed by atoms with van der Waals surface area (Å²) in [5.74, 6) is -0.738. The van der Waals surface area contributed by atoms with Crippen molar-refractivity contribution in [3.8, 4) is 0 Å². The van der Waals surface area contributed by atoms with Crippen molar-refractivity contribution in [3.05, 3.63) is 61.8 Å². The molecule has 1 heterocycles. The third-order valence-electron chi connectivity index (χ3n) is 2.64. The van der Waals surface area contributed by atoms with Crippen molar-refractivity contribution in [3.63, 3.8) is 0 Å². The maximum atomic E-state index is 11.8. The lowest BCUT2D eigenvalue weighted by Crippen LogP contribution is -2.13. The van der Waals surface area contributed by atoms with Crippen molar-refractivity contribution in [2.45, 2.75) is 6.92 Å². The maximum Gasteiger partial charge on any atom is 0.366 e. The summed E-state index contributed by atoms with van der Waals surface area (Å²) < 4.78 is 0. The molecule has 0 saturated heterocycles. The third kappa shape index (κ3) is 3.42. The smallest absolute Gasteiger partial charge is 0.366 e. The number of nitrogens with zero attached hydrogens (tertiary/aromatic N) is 2. The van der Waals surface area contributed by atoms with Crippen LogP contribution >= 0.6 is 11.3 Å². The van der Waals surface area contributed by atoms with Crippen LogP contribution in [0.1, 0.15) is 20.8 Å². The molecule has 108 valence electrons. The minimum atomic E-state index is -0.808. The second-order valence-electron chi connectivity index (χ2n) is 4.09. The predicted molar refractivity (Wildman–Crippen MR) is 78.3 cm³/mol. The van der Waals surface area contributed by atoms with E-state index in [1.54, 1.807) is 19.1 Å². The molecule has 2 aromatic rings. The highest BCUT2D eigenvalue weighted by Gasteiger charge is 2.16. The lowest BCUT2D eigenvalue weighted by molar-refractivity contribution is -0.385. The van der Waals surface area contributed by atoms with Crippen molar-refractivity contribution in [1.29, 1.82) is 0 Å². The molecule has 21 heavy (non-hydrogen) atoms. The van der Waals surface area contributed by atoms with Crippen LogP contribution in [0.15, 0.2) is 40.9 Å². The molecule has 0 radical (unpaired) electrons. The van der Waals surface area contributed by atoms with Gasteiger partial charge in [-0.25, -0.2) is 4.79 Å². The number of oxime groups is 1. The zero-order valence-electron chi connectivity index (χ0n) is 11.0. The molecule has 0 aliphatic heterocycles. The number of carbonyl (C=O) groups excluding carboxylic acids is 1. The van der Waals surface area contributed by atoms with Crippen LogP contribution in [0.25, 0.3) is 0 Å². The van der Waals surface area contributed by atoms with Gasteiger partial charge in [-0.1, -0.05) is 17.3 Å². The van der Waals surface area contributed by atoms with Crippen LogP contribution < -0.4 is 5.73 Å². The number of thiophene rings is 1. The number of carbonyl (C=O) groups is 1. The fraction of sp³-hybridized carbons (Fsp3) is 0.0769. The lowest BCUT2D eigenvalue weighted by atomic mass is 10.1. The Bertz CT molecular complexity index is 710. The minimum Gasteiger partial charge on any atom is -0.380 e. The van der Waals surface area contributed by atoms with Crippen molar-refractivity contribution >= 4 is 28.8 Å². The highest BCUT2D eigenvalue weighted by molar-refractivity contribution is 7.12. The van der Waals surface area contributed by atoms with Gasteiger partial charge in [0, 0.05) is 11.6 Å². The zero-order chi connectivity index (χ0) is 15.4. The topological polar surface area (TPSA) is 108 Å². The average Bonchev–Trinajstić information content (AvgIpc) is 2.98. The van der Waals surface area contributed by atoms with Gasteiger partial charge in [0.1, 0.15) is 0 Å². The number of hydrogen-bond donors (Lipinski definition) is 1. The molecule has 0 aliphatic rings. The standard InChI is InChI=1S/C13H11N3O4S/c1-8-4-5-9(7-10(8)16(18)19)13(17)20-15-12(14)11-3-2-6-21-11/h2-7H,1H3,(H2,14,15). The van der Waals surface area contributed by atoms with E-state index in [9.17, 15) is 14.9 Å². The quantitative estimate of drug-likeness (QED) is 0.307. The van der Waals surface area contributed by atoms with Crippen molar-refractivity contribution < 1.29 is 14.6 Å². The number of rotatable bonds is 4. The molecular weight excluding hydrogens is 294 g/mol. The SMILES string of the molecule is Cc1ccc(C(=O)O/N=C(\N)c2cccs2)cc1[N+](=O)[O-]. The average molecular weight is 305 g/mol. The van der Waals surface area contributed by atoms with Crippen LogP contribution in [0.4, 0.5) is 5.69 Å². The van der Waals surface area contributed by atoms with Gasteiger partial charge in [0.15, 0.2) is 5.84 Å². The molecule has 7 nitrogen and oxygen atoms in total. The van der Waals surface area contributed by atoms with Crippen LogP contribution in [0, 0.1) is 17.0 Å². The second kappa shape index (κ2) is 6.14. The van der Waals surface area contributed by atoms with Crippen molar-refractivity contribution in [2.24, 2.45) is 10.9 Å². The van der Waals surface area contributed by atoms with Gasteiger partial charge in [-0.15, -0.1) is 11.3 Å². The third-order valence-corrected chi connectivity index (χ3v) is 3.53. The molecule has 0 amide bonds. The van der Waals surface area contributed by atoms with Crippen LogP contribution in [-0.4, -0.2) is 16.7 Å². The van der Waals surface area contributed by atoms with Gasteiger partial charge in [0.2, 0.25) is 0 Å². The molecule has 0 saturated carbocycles. The van der Waals surface area contributed by atoms with E-state index in [-0.39, 0.29) is 17.1 Å². The van der Waals surface area contributed by atoms with Gasteiger partial charge in [0.05, 0.1) is 15.4 Å². The lowest BCUT2D eigenvalue weighted by Gasteiger charge is -2.01. The van der Waals surface area contributed by atoms with Gasteiger partial charge in [-0.3, -0.25) is 10.1 Å². The van der Waals surface area contributed by atoms with E-state index in [4.69, 9.17) is 10.6 Å². The Morgan fingerprint density at radius 2 is 2.19 bits per heavy atom. The molecular formula is C13H11N3O4S. The van der Waals surface area contributed by atoms with E-state index < -0.39 is 10.9 Å².